The maximum Gasteiger partial charge on any atom is 0.251 e. The quantitative estimate of drug-likeness (QED) is 0.915. The number of carbonyl (C=O) groups excluding carboxylic acids is 1. The zero-order valence-corrected chi connectivity index (χ0v) is 12.4. The molecule has 0 aliphatic carbocycles. The van der Waals surface area contributed by atoms with Crippen LogP contribution in [0.3, 0.4) is 0 Å². The number of hydrogen-bond donors (Lipinski definition) is 2. The van der Waals surface area contributed by atoms with Gasteiger partial charge in [0.25, 0.3) is 5.91 Å². The molecule has 1 amide bonds. The summed E-state index contributed by atoms with van der Waals surface area (Å²) in [5, 5.41) is 7.01. The number of carbonyl (C=O) groups is 1. The molecule has 3 rings (SSSR count). The summed E-state index contributed by atoms with van der Waals surface area (Å²) in [4.78, 5) is 12.4. The molecule has 1 aliphatic heterocycles. The van der Waals surface area contributed by atoms with E-state index in [9.17, 15) is 4.79 Å². The van der Waals surface area contributed by atoms with E-state index in [0.29, 0.717) is 11.6 Å². The van der Waals surface area contributed by atoms with Crippen molar-refractivity contribution in [3.8, 4) is 0 Å². The van der Waals surface area contributed by atoms with E-state index in [4.69, 9.17) is 11.6 Å². The van der Waals surface area contributed by atoms with Gasteiger partial charge in [0.05, 0.1) is 0 Å². The number of nitrogens with one attached hydrogen (secondary N) is 2. The number of fused-ring (bicyclic) bond motifs is 1. The fourth-order valence-electron chi connectivity index (χ4n) is 2.62. The highest BCUT2D eigenvalue weighted by molar-refractivity contribution is 6.30. The van der Waals surface area contributed by atoms with E-state index in [-0.39, 0.29) is 5.91 Å². The third kappa shape index (κ3) is 3.26. The van der Waals surface area contributed by atoms with Crippen molar-refractivity contribution in [2.45, 2.75) is 19.5 Å². The van der Waals surface area contributed by atoms with Crippen LogP contribution in [0.2, 0.25) is 5.02 Å². The van der Waals surface area contributed by atoms with Crippen molar-refractivity contribution >= 4 is 17.5 Å². The van der Waals surface area contributed by atoms with Crippen LogP contribution < -0.4 is 10.6 Å². The Morgan fingerprint density at radius 2 is 2.00 bits per heavy atom. The monoisotopic (exact) mass is 300 g/mol. The predicted octanol–water partition coefficient (Wildman–Crippen LogP) is 2.92. The van der Waals surface area contributed by atoms with Crippen LogP contribution in [0.15, 0.2) is 42.5 Å². The Morgan fingerprint density at radius 3 is 2.81 bits per heavy atom. The van der Waals surface area contributed by atoms with Crippen molar-refractivity contribution in [2.75, 3.05) is 6.54 Å². The van der Waals surface area contributed by atoms with Gasteiger partial charge < -0.3 is 10.6 Å². The van der Waals surface area contributed by atoms with Crippen molar-refractivity contribution in [1.29, 1.82) is 0 Å². The van der Waals surface area contributed by atoms with Gasteiger partial charge in [0.1, 0.15) is 0 Å². The molecular formula is C17H17ClN2O. The standard InChI is InChI=1S/C17H17ClN2O/c18-14-6-4-12(5-7-14)10-20-17(21)16-3-1-2-13-11-19-9-8-15(13)16/h1-7,19H,8-11H2,(H,20,21). The first-order valence-corrected chi connectivity index (χ1v) is 7.46. The Labute approximate surface area is 129 Å². The Kier molecular flexibility index (Phi) is 4.23. The Hall–Kier alpha value is -1.84. The number of halogens is 1. The number of benzene rings is 2. The topological polar surface area (TPSA) is 41.1 Å². The molecule has 0 unspecified atom stereocenters. The van der Waals surface area contributed by atoms with Gasteiger partial charge in [-0.2, -0.15) is 0 Å². The molecule has 2 N–H and O–H groups in total. The van der Waals surface area contributed by atoms with Crippen LogP contribution in [0.5, 0.6) is 0 Å². The highest BCUT2D eigenvalue weighted by atomic mass is 35.5. The summed E-state index contributed by atoms with van der Waals surface area (Å²) in [6.45, 7) is 2.28. The summed E-state index contributed by atoms with van der Waals surface area (Å²) < 4.78 is 0. The third-order valence-electron chi connectivity index (χ3n) is 3.75. The molecule has 108 valence electrons. The zero-order valence-electron chi connectivity index (χ0n) is 11.7. The van der Waals surface area contributed by atoms with Gasteiger partial charge in [-0.1, -0.05) is 35.9 Å². The summed E-state index contributed by atoms with van der Waals surface area (Å²) in [7, 11) is 0. The number of rotatable bonds is 3. The molecule has 0 saturated heterocycles. The van der Waals surface area contributed by atoms with Gasteiger partial charge in [-0.05, 0) is 47.9 Å². The Bertz CT molecular complexity index is 652. The lowest BCUT2D eigenvalue weighted by atomic mass is 9.95. The van der Waals surface area contributed by atoms with E-state index >= 15 is 0 Å². The van der Waals surface area contributed by atoms with Crippen LogP contribution in [-0.4, -0.2) is 12.5 Å². The smallest absolute Gasteiger partial charge is 0.251 e. The molecule has 2 aromatic carbocycles. The van der Waals surface area contributed by atoms with Crippen LogP contribution in [0, 0.1) is 0 Å². The second-order valence-electron chi connectivity index (χ2n) is 5.18. The molecular weight excluding hydrogens is 284 g/mol. The van der Waals surface area contributed by atoms with E-state index in [1.807, 2.05) is 36.4 Å². The van der Waals surface area contributed by atoms with Gasteiger partial charge in [-0.3, -0.25) is 4.79 Å². The molecule has 0 fully saturated rings. The minimum absolute atomic E-state index is 0.0105. The Balaban J connectivity index is 1.72. The fraction of sp³-hybridized carbons (Fsp3) is 0.235. The lowest BCUT2D eigenvalue weighted by Crippen LogP contribution is -2.29. The largest absolute Gasteiger partial charge is 0.348 e. The molecule has 0 spiro atoms. The van der Waals surface area contributed by atoms with Crippen molar-refractivity contribution in [3.63, 3.8) is 0 Å². The molecule has 0 atom stereocenters. The van der Waals surface area contributed by atoms with E-state index < -0.39 is 0 Å². The number of hydrogen-bond acceptors (Lipinski definition) is 2. The molecule has 4 heteroatoms. The molecule has 1 aliphatic rings. The van der Waals surface area contributed by atoms with Crippen LogP contribution in [0.4, 0.5) is 0 Å². The first kappa shape index (κ1) is 14.1. The third-order valence-corrected chi connectivity index (χ3v) is 4.00. The highest BCUT2D eigenvalue weighted by Crippen LogP contribution is 2.18. The SMILES string of the molecule is O=C(NCc1ccc(Cl)cc1)c1cccc2c1CCNC2. The lowest BCUT2D eigenvalue weighted by molar-refractivity contribution is 0.0949. The van der Waals surface area contributed by atoms with E-state index in [1.165, 1.54) is 11.1 Å². The lowest BCUT2D eigenvalue weighted by Gasteiger charge is -2.20. The first-order chi connectivity index (χ1) is 10.2. The van der Waals surface area contributed by atoms with E-state index in [0.717, 1.165) is 30.6 Å². The van der Waals surface area contributed by atoms with Gasteiger partial charge in [0.15, 0.2) is 0 Å². The summed E-state index contributed by atoms with van der Waals surface area (Å²) in [6, 6.07) is 13.4. The summed E-state index contributed by atoms with van der Waals surface area (Å²) in [5.74, 6) is -0.0105. The van der Waals surface area contributed by atoms with Gasteiger partial charge in [0, 0.05) is 23.7 Å². The molecule has 3 nitrogen and oxygen atoms in total. The Morgan fingerprint density at radius 1 is 1.19 bits per heavy atom. The summed E-state index contributed by atoms with van der Waals surface area (Å²) in [6.07, 6.45) is 0.903. The number of amides is 1. The predicted molar refractivity (Wildman–Crippen MR) is 84.5 cm³/mol. The van der Waals surface area contributed by atoms with Gasteiger partial charge in [-0.25, -0.2) is 0 Å². The van der Waals surface area contributed by atoms with Crippen molar-refractivity contribution in [2.24, 2.45) is 0 Å². The zero-order chi connectivity index (χ0) is 14.7. The minimum atomic E-state index is -0.0105. The van der Waals surface area contributed by atoms with Crippen LogP contribution in [-0.2, 0) is 19.5 Å². The normalized spacial score (nSPS) is 13.6. The van der Waals surface area contributed by atoms with Crippen molar-refractivity contribution in [1.82, 2.24) is 10.6 Å². The maximum atomic E-state index is 12.4. The molecule has 2 aromatic rings. The molecule has 1 heterocycles. The van der Waals surface area contributed by atoms with Gasteiger partial charge in [-0.15, -0.1) is 0 Å². The molecule has 21 heavy (non-hydrogen) atoms. The second-order valence-corrected chi connectivity index (χ2v) is 5.62. The maximum absolute atomic E-state index is 12.4. The second kappa shape index (κ2) is 6.29. The average Bonchev–Trinajstić information content (AvgIpc) is 2.53. The summed E-state index contributed by atoms with van der Waals surface area (Å²) in [5.41, 5.74) is 4.23. The van der Waals surface area contributed by atoms with E-state index in [2.05, 4.69) is 16.7 Å². The van der Waals surface area contributed by atoms with Crippen LogP contribution >= 0.6 is 11.6 Å². The highest BCUT2D eigenvalue weighted by Gasteiger charge is 2.16. The van der Waals surface area contributed by atoms with Gasteiger partial charge >= 0.3 is 0 Å². The molecule has 0 aromatic heterocycles. The molecule has 0 radical (unpaired) electrons. The average molecular weight is 301 g/mol. The molecule has 0 saturated carbocycles. The van der Waals surface area contributed by atoms with Crippen LogP contribution in [0.1, 0.15) is 27.0 Å². The van der Waals surface area contributed by atoms with Crippen molar-refractivity contribution in [3.05, 3.63) is 69.7 Å². The first-order valence-electron chi connectivity index (χ1n) is 7.08. The summed E-state index contributed by atoms with van der Waals surface area (Å²) >= 11 is 5.86. The fourth-order valence-corrected chi connectivity index (χ4v) is 2.75. The van der Waals surface area contributed by atoms with Gasteiger partial charge in [0.2, 0.25) is 0 Å². The van der Waals surface area contributed by atoms with Crippen molar-refractivity contribution < 1.29 is 4.79 Å². The minimum Gasteiger partial charge on any atom is -0.348 e. The molecule has 0 bridgehead atoms. The van der Waals surface area contributed by atoms with Crippen LogP contribution in [0.25, 0.3) is 0 Å². The van der Waals surface area contributed by atoms with E-state index in [1.54, 1.807) is 0 Å².